The number of amides is 1. The van der Waals surface area contributed by atoms with Gasteiger partial charge in [-0.3, -0.25) is 14.9 Å². The highest BCUT2D eigenvalue weighted by atomic mass is 16.6. The molecule has 116 valence electrons. The lowest BCUT2D eigenvalue weighted by Crippen LogP contribution is -2.35. The minimum atomic E-state index is -0.477. The lowest BCUT2D eigenvalue weighted by molar-refractivity contribution is -0.384. The fraction of sp³-hybridized carbons (Fsp3) is 0.533. The quantitative estimate of drug-likeness (QED) is 0.560. The zero-order chi connectivity index (χ0) is 15.7. The maximum absolute atomic E-state index is 11.9. The molecule has 0 spiro atoms. The van der Waals surface area contributed by atoms with Gasteiger partial charge in [0.2, 0.25) is 0 Å². The third-order valence-corrected chi connectivity index (χ3v) is 3.13. The number of nitro benzene ring substituents is 1. The van der Waals surface area contributed by atoms with E-state index in [1.165, 1.54) is 24.3 Å². The van der Waals surface area contributed by atoms with Crippen LogP contribution in [0.5, 0.6) is 0 Å². The molecule has 0 aliphatic heterocycles. The molecule has 0 saturated carbocycles. The number of non-ortho nitro benzene ring substituents is 1. The number of benzene rings is 1. The summed E-state index contributed by atoms with van der Waals surface area (Å²) >= 11 is 0. The first-order valence-electron chi connectivity index (χ1n) is 7.33. The minimum Gasteiger partial charge on any atom is -0.351 e. The molecule has 0 aliphatic carbocycles. The van der Waals surface area contributed by atoms with Crippen LogP contribution in [0.1, 0.15) is 37.0 Å². The van der Waals surface area contributed by atoms with Gasteiger partial charge in [0.15, 0.2) is 0 Å². The second kappa shape index (κ2) is 9.07. The van der Waals surface area contributed by atoms with Gasteiger partial charge >= 0.3 is 0 Å². The Labute approximate surface area is 125 Å². The SMILES string of the molecule is CCCN(CCC)CCNC(=O)c1ccc([N+](=O)[O-])cc1. The fourth-order valence-corrected chi connectivity index (χ4v) is 2.13. The monoisotopic (exact) mass is 293 g/mol. The first kappa shape index (κ1) is 17.1. The molecule has 1 amide bonds. The van der Waals surface area contributed by atoms with Crippen LogP contribution < -0.4 is 5.32 Å². The third kappa shape index (κ3) is 5.91. The Hall–Kier alpha value is -1.95. The summed E-state index contributed by atoms with van der Waals surface area (Å²) in [4.78, 5) is 24.3. The van der Waals surface area contributed by atoms with Gasteiger partial charge in [-0.25, -0.2) is 0 Å². The second-order valence-electron chi connectivity index (χ2n) is 4.90. The van der Waals surface area contributed by atoms with Crippen molar-refractivity contribution in [3.05, 3.63) is 39.9 Å². The molecule has 0 aromatic heterocycles. The van der Waals surface area contributed by atoms with Crippen molar-refractivity contribution in [1.82, 2.24) is 10.2 Å². The summed E-state index contributed by atoms with van der Waals surface area (Å²) in [5, 5.41) is 13.4. The largest absolute Gasteiger partial charge is 0.351 e. The van der Waals surface area contributed by atoms with E-state index in [1.807, 2.05) is 0 Å². The molecule has 0 fully saturated rings. The van der Waals surface area contributed by atoms with Gasteiger partial charge in [0.05, 0.1) is 4.92 Å². The van der Waals surface area contributed by atoms with Crippen LogP contribution in [-0.4, -0.2) is 41.9 Å². The van der Waals surface area contributed by atoms with Crippen LogP contribution in [0.25, 0.3) is 0 Å². The molecule has 6 heteroatoms. The Morgan fingerprint density at radius 2 is 1.71 bits per heavy atom. The van der Waals surface area contributed by atoms with Crippen LogP contribution in [0.15, 0.2) is 24.3 Å². The zero-order valence-corrected chi connectivity index (χ0v) is 12.7. The third-order valence-electron chi connectivity index (χ3n) is 3.13. The van der Waals surface area contributed by atoms with Gasteiger partial charge in [-0.15, -0.1) is 0 Å². The van der Waals surface area contributed by atoms with E-state index < -0.39 is 4.92 Å². The summed E-state index contributed by atoms with van der Waals surface area (Å²) < 4.78 is 0. The predicted molar refractivity (Wildman–Crippen MR) is 82.5 cm³/mol. The first-order chi connectivity index (χ1) is 10.1. The molecule has 1 aromatic rings. The Bertz CT molecular complexity index is 454. The van der Waals surface area contributed by atoms with Gasteiger partial charge in [-0.05, 0) is 38.1 Å². The molecule has 1 rings (SSSR count). The number of hydrogen-bond acceptors (Lipinski definition) is 4. The molecule has 0 atom stereocenters. The molecule has 1 N–H and O–H groups in total. The van der Waals surface area contributed by atoms with E-state index in [4.69, 9.17) is 0 Å². The zero-order valence-electron chi connectivity index (χ0n) is 12.7. The standard InChI is InChI=1S/C15H23N3O3/c1-3-10-17(11-4-2)12-9-16-15(19)13-5-7-14(8-6-13)18(20)21/h5-8H,3-4,9-12H2,1-2H3,(H,16,19). The molecule has 0 radical (unpaired) electrons. The Morgan fingerprint density at radius 3 is 2.19 bits per heavy atom. The van der Waals surface area contributed by atoms with Crippen molar-refractivity contribution in [3.8, 4) is 0 Å². The van der Waals surface area contributed by atoms with Crippen molar-refractivity contribution in [2.45, 2.75) is 26.7 Å². The summed E-state index contributed by atoms with van der Waals surface area (Å²) in [6.45, 7) is 7.73. The number of nitrogens with zero attached hydrogens (tertiary/aromatic N) is 2. The van der Waals surface area contributed by atoms with Gasteiger partial charge in [0.25, 0.3) is 11.6 Å². The van der Waals surface area contributed by atoms with Crippen LogP contribution in [-0.2, 0) is 0 Å². The molecular weight excluding hydrogens is 270 g/mol. The number of carbonyl (C=O) groups excluding carboxylic acids is 1. The van der Waals surface area contributed by atoms with Crippen molar-refractivity contribution >= 4 is 11.6 Å². The van der Waals surface area contributed by atoms with Crippen molar-refractivity contribution in [2.24, 2.45) is 0 Å². The van der Waals surface area contributed by atoms with E-state index in [1.54, 1.807) is 0 Å². The van der Waals surface area contributed by atoms with Crippen LogP contribution in [0.2, 0.25) is 0 Å². The van der Waals surface area contributed by atoms with Crippen LogP contribution in [0.4, 0.5) is 5.69 Å². The number of nitrogens with one attached hydrogen (secondary N) is 1. The minimum absolute atomic E-state index is 0.0105. The molecule has 6 nitrogen and oxygen atoms in total. The number of rotatable bonds is 9. The highest BCUT2D eigenvalue weighted by Crippen LogP contribution is 2.11. The van der Waals surface area contributed by atoms with Crippen molar-refractivity contribution in [3.63, 3.8) is 0 Å². The van der Waals surface area contributed by atoms with E-state index in [0.29, 0.717) is 12.1 Å². The molecule has 1 aromatic carbocycles. The van der Waals surface area contributed by atoms with E-state index in [9.17, 15) is 14.9 Å². The average Bonchev–Trinajstić information content (AvgIpc) is 2.47. The Balaban J connectivity index is 2.44. The summed E-state index contributed by atoms with van der Waals surface area (Å²) in [6.07, 6.45) is 2.19. The van der Waals surface area contributed by atoms with E-state index in [-0.39, 0.29) is 11.6 Å². The summed E-state index contributed by atoms with van der Waals surface area (Å²) in [6, 6.07) is 5.64. The van der Waals surface area contributed by atoms with Crippen LogP contribution in [0.3, 0.4) is 0 Å². The topological polar surface area (TPSA) is 75.5 Å². The molecule has 0 saturated heterocycles. The molecule has 0 bridgehead atoms. The summed E-state index contributed by atoms with van der Waals surface area (Å²) in [5.41, 5.74) is 0.432. The average molecular weight is 293 g/mol. The number of nitro groups is 1. The second-order valence-corrected chi connectivity index (χ2v) is 4.90. The highest BCUT2D eigenvalue weighted by Gasteiger charge is 2.09. The molecular formula is C15H23N3O3. The maximum atomic E-state index is 11.9. The molecule has 0 heterocycles. The normalized spacial score (nSPS) is 10.6. The highest BCUT2D eigenvalue weighted by molar-refractivity contribution is 5.94. The van der Waals surface area contributed by atoms with Gasteiger partial charge in [-0.1, -0.05) is 13.8 Å². The smallest absolute Gasteiger partial charge is 0.269 e. The van der Waals surface area contributed by atoms with Crippen molar-refractivity contribution in [2.75, 3.05) is 26.2 Å². The Kier molecular flexibility index (Phi) is 7.39. The van der Waals surface area contributed by atoms with Gasteiger partial charge in [0.1, 0.15) is 0 Å². The summed E-state index contributed by atoms with van der Waals surface area (Å²) in [5.74, 6) is -0.196. The van der Waals surface area contributed by atoms with E-state index in [0.717, 1.165) is 32.5 Å². The number of carbonyl (C=O) groups is 1. The van der Waals surface area contributed by atoms with Gasteiger partial charge in [0, 0.05) is 30.8 Å². The number of hydrogen-bond donors (Lipinski definition) is 1. The molecule has 0 aliphatic rings. The van der Waals surface area contributed by atoms with E-state index in [2.05, 4.69) is 24.1 Å². The van der Waals surface area contributed by atoms with Crippen LogP contribution in [0, 0.1) is 10.1 Å². The lowest BCUT2D eigenvalue weighted by atomic mass is 10.2. The lowest BCUT2D eigenvalue weighted by Gasteiger charge is -2.20. The molecule has 21 heavy (non-hydrogen) atoms. The van der Waals surface area contributed by atoms with Gasteiger partial charge in [-0.2, -0.15) is 0 Å². The Morgan fingerprint density at radius 1 is 1.14 bits per heavy atom. The van der Waals surface area contributed by atoms with Crippen molar-refractivity contribution in [1.29, 1.82) is 0 Å². The van der Waals surface area contributed by atoms with Crippen molar-refractivity contribution < 1.29 is 9.72 Å². The first-order valence-corrected chi connectivity index (χ1v) is 7.33. The van der Waals surface area contributed by atoms with E-state index >= 15 is 0 Å². The maximum Gasteiger partial charge on any atom is 0.269 e. The fourth-order valence-electron chi connectivity index (χ4n) is 2.13. The predicted octanol–water partition coefficient (Wildman–Crippen LogP) is 2.45. The van der Waals surface area contributed by atoms with Crippen LogP contribution >= 0.6 is 0 Å². The summed E-state index contributed by atoms with van der Waals surface area (Å²) in [7, 11) is 0. The molecule has 0 unspecified atom stereocenters. The van der Waals surface area contributed by atoms with Gasteiger partial charge < -0.3 is 10.2 Å².